The van der Waals surface area contributed by atoms with E-state index in [0.29, 0.717) is 41.6 Å². The molecule has 1 aromatic carbocycles. The van der Waals surface area contributed by atoms with E-state index in [1.807, 2.05) is 12.1 Å². The molecule has 2 aliphatic rings. The number of carbonyl (C=O) groups excluding carboxylic acids is 1. The van der Waals surface area contributed by atoms with Gasteiger partial charge in [0, 0.05) is 12.5 Å². The zero-order chi connectivity index (χ0) is 20.9. The molecule has 1 aliphatic carbocycles. The number of likely N-dealkylation sites (tertiary alicyclic amines) is 1. The minimum atomic E-state index is -0.179. The molecule has 0 unspecified atom stereocenters. The smallest absolute Gasteiger partial charge is 0.198 e. The first-order valence-electron chi connectivity index (χ1n) is 11.5. The standard InChI is InChI=1S/C25H33NO4.ClH/c1-26-14-12-19(13-15-26)17-29-23-9-5-8-20-22(28)16-24(30-25(20)23)21(27)11-10-18-6-3-2-4-7-18;/h5,8-9,16,18-19H,2-4,6-7,10-15,17H2,1H3;1H. The molecule has 0 N–H and O–H groups in total. The van der Waals surface area contributed by atoms with Gasteiger partial charge in [-0.15, -0.1) is 12.4 Å². The summed E-state index contributed by atoms with van der Waals surface area (Å²) in [6.45, 7) is 2.77. The molecule has 1 aliphatic heterocycles. The maximum absolute atomic E-state index is 12.8. The van der Waals surface area contributed by atoms with Crippen molar-refractivity contribution >= 4 is 29.2 Å². The maximum Gasteiger partial charge on any atom is 0.198 e. The quantitative estimate of drug-likeness (QED) is 0.526. The maximum atomic E-state index is 12.8. The van der Waals surface area contributed by atoms with E-state index in [0.717, 1.165) is 32.4 Å². The van der Waals surface area contributed by atoms with Gasteiger partial charge in [0.1, 0.15) is 0 Å². The van der Waals surface area contributed by atoms with Gasteiger partial charge in [0.2, 0.25) is 0 Å². The molecule has 1 aromatic heterocycles. The number of Topliss-reactive ketones (excluding diaryl/α,β-unsaturated/α-hetero) is 1. The summed E-state index contributed by atoms with van der Waals surface area (Å²) < 4.78 is 12.0. The molecule has 0 radical (unpaired) electrons. The van der Waals surface area contributed by atoms with Crippen LogP contribution in [0.5, 0.6) is 5.75 Å². The molecule has 2 heterocycles. The predicted molar refractivity (Wildman–Crippen MR) is 126 cm³/mol. The van der Waals surface area contributed by atoms with Gasteiger partial charge in [-0.1, -0.05) is 38.2 Å². The molecular weight excluding hydrogens is 414 g/mol. The Hall–Kier alpha value is -1.85. The number of fused-ring (bicyclic) bond motifs is 1. The third-order valence-corrected chi connectivity index (χ3v) is 6.81. The zero-order valence-corrected chi connectivity index (χ0v) is 19.3. The minimum absolute atomic E-state index is 0. The molecule has 0 atom stereocenters. The normalized spacial score (nSPS) is 18.6. The van der Waals surface area contributed by atoms with Gasteiger partial charge in [-0.2, -0.15) is 0 Å². The Kier molecular flexibility index (Phi) is 8.56. The van der Waals surface area contributed by atoms with Crippen molar-refractivity contribution in [3.63, 3.8) is 0 Å². The Labute approximate surface area is 190 Å². The summed E-state index contributed by atoms with van der Waals surface area (Å²) in [6.07, 6.45) is 9.81. The van der Waals surface area contributed by atoms with Gasteiger partial charge >= 0.3 is 0 Å². The number of ether oxygens (including phenoxy) is 1. The summed E-state index contributed by atoms with van der Waals surface area (Å²) in [4.78, 5) is 27.7. The summed E-state index contributed by atoms with van der Waals surface area (Å²) in [5.74, 6) is 1.78. The average molecular weight is 448 g/mol. The first kappa shape index (κ1) is 23.8. The number of hydrogen-bond acceptors (Lipinski definition) is 5. The van der Waals surface area contributed by atoms with Crippen molar-refractivity contribution < 1.29 is 13.9 Å². The Bertz CT molecular complexity index is 927. The lowest BCUT2D eigenvalue weighted by molar-refractivity contribution is 0.0943. The molecule has 2 aromatic rings. The van der Waals surface area contributed by atoms with Crippen LogP contribution in [0.25, 0.3) is 11.0 Å². The number of rotatable bonds is 7. The van der Waals surface area contributed by atoms with Crippen LogP contribution in [0.2, 0.25) is 0 Å². The summed E-state index contributed by atoms with van der Waals surface area (Å²) in [5.41, 5.74) is 0.223. The van der Waals surface area contributed by atoms with Gasteiger partial charge in [-0.25, -0.2) is 0 Å². The molecule has 0 amide bonds. The van der Waals surface area contributed by atoms with Crippen LogP contribution in [-0.4, -0.2) is 37.4 Å². The van der Waals surface area contributed by atoms with Crippen LogP contribution < -0.4 is 10.2 Å². The first-order chi connectivity index (χ1) is 14.6. The summed E-state index contributed by atoms with van der Waals surface area (Å²) >= 11 is 0. The molecule has 170 valence electrons. The molecule has 0 spiro atoms. The lowest BCUT2D eigenvalue weighted by Gasteiger charge is -2.28. The first-order valence-corrected chi connectivity index (χ1v) is 11.5. The van der Waals surface area contributed by atoms with Crippen LogP contribution in [0.3, 0.4) is 0 Å². The number of para-hydroxylation sites is 1. The molecule has 5 nitrogen and oxygen atoms in total. The van der Waals surface area contributed by atoms with E-state index in [-0.39, 0.29) is 29.4 Å². The van der Waals surface area contributed by atoms with Gasteiger partial charge < -0.3 is 14.1 Å². The van der Waals surface area contributed by atoms with Crippen molar-refractivity contribution in [3.8, 4) is 5.75 Å². The Morgan fingerprint density at radius 2 is 1.84 bits per heavy atom. The second-order valence-electron chi connectivity index (χ2n) is 9.13. The molecule has 1 saturated carbocycles. The molecule has 1 saturated heterocycles. The van der Waals surface area contributed by atoms with E-state index in [4.69, 9.17) is 9.15 Å². The van der Waals surface area contributed by atoms with Crippen LogP contribution in [0.4, 0.5) is 0 Å². The van der Waals surface area contributed by atoms with E-state index >= 15 is 0 Å². The fourth-order valence-corrected chi connectivity index (χ4v) is 4.77. The number of carbonyl (C=O) groups is 1. The highest BCUT2D eigenvalue weighted by atomic mass is 35.5. The SMILES string of the molecule is CN1CCC(COc2cccc3c(=O)cc(C(=O)CCC4CCCCC4)oc23)CC1.Cl. The summed E-state index contributed by atoms with van der Waals surface area (Å²) in [7, 11) is 2.14. The van der Waals surface area contributed by atoms with E-state index in [9.17, 15) is 9.59 Å². The van der Waals surface area contributed by atoms with E-state index < -0.39 is 0 Å². The lowest BCUT2D eigenvalue weighted by atomic mass is 9.85. The third-order valence-electron chi connectivity index (χ3n) is 6.81. The van der Waals surface area contributed by atoms with Crippen LogP contribution >= 0.6 is 12.4 Å². The van der Waals surface area contributed by atoms with Gasteiger partial charge in [-0.05, 0) is 63.4 Å². The Morgan fingerprint density at radius 1 is 1.10 bits per heavy atom. The van der Waals surface area contributed by atoms with Crippen LogP contribution in [0.1, 0.15) is 68.3 Å². The van der Waals surface area contributed by atoms with Crippen LogP contribution in [0, 0.1) is 11.8 Å². The second-order valence-corrected chi connectivity index (χ2v) is 9.13. The largest absolute Gasteiger partial charge is 0.489 e. The number of piperidine rings is 1. The lowest BCUT2D eigenvalue weighted by Crippen LogP contribution is -2.32. The van der Waals surface area contributed by atoms with Gasteiger partial charge in [0.15, 0.2) is 28.3 Å². The third kappa shape index (κ3) is 6.11. The van der Waals surface area contributed by atoms with E-state index in [1.165, 1.54) is 38.2 Å². The van der Waals surface area contributed by atoms with Crippen molar-refractivity contribution in [2.75, 3.05) is 26.7 Å². The monoisotopic (exact) mass is 447 g/mol. The average Bonchev–Trinajstić information content (AvgIpc) is 2.78. The highest BCUT2D eigenvalue weighted by Crippen LogP contribution is 2.29. The fourth-order valence-electron chi connectivity index (χ4n) is 4.77. The number of benzene rings is 1. The zero-order valence-electron chi connectivity index (χ0n) is 18.4. The number of nitrogens with zero attached hydrogens (tertiary/aromatic N) is 1. The molecule has 4 rings (SSSR count). The van der Waals surface area contributed by atoms with Crippen molar-refractivity contribution in [3.05, 3.63) is 40.2 Å². The van der Waals surface area contributed by atoms with Gasteiger partial charge in [-0.3, -0.25) is 9.59 Å². The topological polar surface area (TPSA) is 59.8 Å². The van der Waals surface area contributed by atoms with Crippen molar-refractivity contribution in [2.45, 2.75) is 57.8 Å². The van der Waals surface area contributed by atoms with E-state index in [1.54, 1.807) is 6.07 Å². The van der Waals surface area contributed by atoms with Crippen molar-refractivity contribution in [1.82, 2.24) is 4.90 Å². The number of ketones is 1. The molecule has 0 bridgehead atoms. The Morgan fingerprint density at radius 3 is 2.58 bits per heavy atom. The summed E-state index contributed by atoms with van der Waals surface area (Å²) in [6, 6.07) is 6.73. The molecule has 6 heteroatoms. The predicted octanol–water partition coefficient (Wildman–Crippen LogP) is 5.48. The number of hydrogen-bond donors (Lipinski definition) is 0. The second kappa shape index (κ2) is 11.1. The van der Waals surface area contributed by atoms with Gasteiger partial charge in [0.05, 0.1) is 12.0 Å². The van der Waals surface area contributed by atoms with Crippen LogP contribution in [-0.2, 0) is 0 Å². The van der Waals surface area contributed by atoms with Crippen molar-refractivity contribution in [2.24, 2.45) is 11.8 Å². The highest BCUT2D eigenvalue weighted by molar-refractivity contribution is 5.95. The Balaban J connectivity index is 0.00000272. The van der Waals surface area contributed by atoms with Crippen LogP contribution in [0.15, 0.2) is 33.5 Å². The summed E-state index contributed by atoms with van der Waals surface area (Å²) in [5, 5.41) is 0.472. The fraction of sp³-hybridized carbons (Fsp3) is 0.600. The minimum Gasteiger partial charge on any atom is -0.489 e. The highest BCUT2D eigenvalue weighted by Gasteiger charge is 2.20. The van der Waals surface area contributed by atoms with E-state index in [2.05, 4.69) is 11.9 Å². The van der Waals surface area contributed by atoms with Gasteiger partial charge in [0.25, 0.3) is 0 Å². The number of halogens is 1. The van der Waals surface area contributed by atoms with Crippen molar-refractivity contribution in [1.29, 1.82) is 0 Å². The molecule has 31 heavy (non-hydrogen) atoms. The molecular formula is C25H34ClNO4. The molecule has 2 fully saturated rings.